The molecule has 1 aromatic rings. The molecule has 208 valence electrons. The largest absolute Gasteiger partial charge is 0.497 e. The number of esters is 2. The zero-order chi connectivity index (χ0) is 27.2. The van der Waals surface area contributed by atoms with Crippen LogP contribution in [0.5, 0.6) is 11.5 Å². The Bertz CT molecular complexity index is 1130. The highest BCUT2D eigenvalue weighted by atomic mass is 16.7. The molecule has 10 heteroatoms. The number of carbonyl (C=O) groups excluding carboxylic acids is 2. The van der Waals surface area contributed by atoms with Crippen molar-refractivity contribution in [3.05, 3.63) is 35.1 Å². The first kappa shape index (κ1) is 26.8. The Hall–Kier alpha value is -2.82. The first-order valence-electron chi connectivity index (χ1n) is 13.3. The molecule has 0 amide bonds. The third-order valence-corrected chi connectivity index (χ3v) is 8.53. The van der Waals surface area contributed by atoms with Gasteiger partial charge in [0.2, 0.25) is 6.79 Å². The summed E-state index contributed by atoms with van der Waals surface area (Å²) in [4.78, 5) is 28.4. The molecule has 1 saturated heterocycles. The quantitative estimate of drug-likeness (QED) is 0.482. The fourth-order valence-corrected chi connectivity index (χ4v) is 6.48. The highest BCUT2D eigenvalue weighted by Crippen LogP contribution is 2.55. The number of nitrogens with zero attached hydrogens (tertiary/aromatic N) is 1. The lowest BCUT2D eigenvalue weighted by atomic mass is 9.77. The van der Waals surface area contributed by atoms with Crippen molar-refractivity contribution in [3.8, 4) is 11.5 Å². The van der Waals surface area contributed by atoms with E-state index in [0.29, 0.717) is 23.7 Å². The van der Waals surface area contributed by atoms with Crippen LogP contribution in [0.25, 0.3) is 0 Å². The molecule has 4 aliphatic rings. The fraction of sp³-hybridized carbons (Fsp3) is 0.643. The minimum atomic E-state index is -2.48. The van der Waals surface area contributed by atoms with Crippen molar-refractivity contribution in [1.29, 1.82) is 0 Å². The summed E-state index contributed by atoms with van der Waals surface area (Å²) >= 11 is 0. The van der Waals surface area contributed by atoms with E-state index in [-0.39, 0.29) is 25.0 Å². The Morgan fingerprint density at radius 2 is 1.95 bits per heavy atom. The van der Waals surface area contributed by atoms with Gasteiger partial charge in [0, 0.05) is 6.54 Å². The van der Waals surface area contributed by atoms with E-state index in [2.05, 4.69) is 9.64 Å². The molecule has 10 nitrogen and oxygen atoms in total. The molecule has 3 aliphatic heterocycles. The van der Waals surface area contributed by atoms with Gasteiger partial charge >= 0.3 is 11.9 Å². The van der Waals surface area contributed by atoms with Crippen molar-refractivity contribution >= 4 is 11.9 Å². The summed E-state index contributed by atoms with van der Waals surface area (Å²) in [7, 11) is 2.62. The minimum absolute atomic E-state index is 0.105. The van der Waals surface area contributed by atoms with Crippen LogP contribution in [0.1, 0.15) is 56.6 Å². The lowest BCUT2D eigenvalue weighted by Crippen LogP contribution is -2.56. The number of hydrogen-bond donors (Lipinski definition) is 2. The molecule has 1 fully saturated rings. The zero-order valence-electron chi connectivity index (χ0n) is 22.4. The number of methoxy groups -OCH3 is 2. The number of hydrogen-bond acceptors (Lipinski definition) is 10. The molecule has 3 heterocycles. The molecule has 0 bridgehead atoms. The predicted molar refractivity (Wildman–Crippen MR) is 135 cm³/mol. The molecular weight excluding hydrogens is 494 g/mol. The molecule has 2 N–H and O–H groups in total. The SMILES string of the molecule is COC(=O)[C@H](O)[C@](O)(CCC(C)C)C(=O)O[C@@H]1C(OC)=C[C@]23CCCN2CCc2cc4c(cc2[C@H]13)OCO4. The molecule has 0 unspecified atom stereocenters. The van der Waals surface area contributed by atoms with Gasteiger partial charge in [0.25, 0.3) is 0 Å². The summed E-state index contributed by atoms with van der Waals surface area (Å²) in [5, 5.41) is 22.1. The Labute approximate surface area is 222 Å². The first-order valence-corrected chi connectivity index (χ1v) is 13.3. The van der Waals surface area contributed by atoms with Crippen LogP contribution in [0.3, 0.4) is 0 Å². The standard InChI is InChI=1S/C28H37NO9/c1-16(2)6-9-28(33,24(30)25(31)35-4)26(32)38-23-21(34-3)14-27-8-5-10-29(27)11-7-17-12-19-20(37-15-36-19)13-18(17)22(23)27/h12-14,16,22-24,30,33H,5-11,15H2,1-4H3/t22-,23-,24+,27+,28-/m1/s1. The van der Waals surface area contributed by atoms with Gasteiger partial charge in [-0.2, -0.15) is 0 Å². The van der Waals surface area contributed by atoms with E-state index in [1.54, 1.807) is 0 Å². The molecule has 5 atom stereocenters. The van der Waals surface area contributed by atoms with Gasteiger partial charge in [-0.1, -0.05) is 13.8 Å². The predicted octanol–water partition coefficient (Wildman–Crippen LogP) is 2.05. The van der Waals surface area contributed by atoms with E-state index in [0.717, 1.165) is 50.6 Å². The molecule has 1 aromatic carbocycles. The average Bonchev–Trinajstić information content (AvgIpc) is 3.59. The third kappa shape index (κ3) is 4.23. The smallest absolute Gasteiger partial charge is 0.342 e. The average molecular weight is 532 g/mol. The van der Waals surface area contributed by atoms with Gasteiger partial charge < -0.3 is 33.9 Å². The summed E-state index contributed by atoms with van der Waals surface area (Å²) in [6.07, 6.45) is 1.88. The fourth-order valence-electron chi connectivity index (χ4n) is 6.48. The molecule has 5 rings (SSSR count). The second-order valence-electron chi connectivity index (χ2n) is 11.1. The van der Waals surface area contributed by atoms with Crippen LogP contribution in [0.2, 0.25) is 0 Å². The van der Waals surface area contributed by atoms with Crippen molar-refractivity contribution in [3.63, 3.8) is 0 Å². The molecule has 0 aromatic heterocycles. The van der Waals surface area contributed by atoms with E-state index >= 15 is 0 Å². The number of benzene rings is 1. The van der Waals surface area contributed by atoms with E-state index in [1.165, 1.54) is 7.11 Å². The van der Waals surface area contributed by atoms with Crippen molar-refractivity contribution in [1.82, 2.24) is 4.90 Å². The summed E-state index contributed by atoms with van der Waals surface area (Å²) in [6, 6.07) is 3.96. The van der Waals surface area contributed by atoms with E-state index < -0.39 is 35.3 Å². The summed E-state index contributed by atoms with van der Waals surface area (Å²) < 4.78 is 27.8. The second kappa shape index (κ2) is 10.1. The van der Waals surface area contributed by atoms with Crippen molar-refractivity contribution in [2.24, 2.45) is 5.92 Å². The van der Waals surface area contributed by atoms with E-state index in [9.17, 15) is 19.8 Å². The van der Waals surface area contributed by atoms with Gasteiger partial charge in [-0.05, 0) is 73.9 Å². The van der Waals surface area contributed by atoms with Gasteiger partial charge in [-0.3, -0.25) is 4.90 Å². The van der Waals surface area contributed by atoms with Crippen LogP contribution < -0.4 is 9.47 Å². The van der Waals surface area contributed by atoms with Crippen LogP contribution in [-0.2, 0) is 30.2 Å². The maximum Gasteiger partial charge on any atom is 0.342 e. The molecular formula is C28H37NO9. The molecule has 1 aliphatic carbocycles. The van der Waals surface area contributed by atoms with Gasteiger partial charge in [0.1, 0.15) is 5.76 Å². The lowest BCUT2D eigenvalue weighted by molar-refractivity contribution is -0.195. The maximum absolute atomic E-state index is 13.7. The lowest BCUT2D eigenvalue weighted by Gasteiger charge is -2.40. The Kier molecular flexibility index (Phi) is 7.08. The van der Waals surface area contributed by atoms with Crippen LogP contribution in [0.4, 0.5) is 0 Å². The van der Waals surface area contributed by atoms with Gasteiger partial charge in [-0.15, -0.1) is 0 Å². The van der Waals surface area contributed by atoms with Crippen molar-refractivity contribution in [2.75, 3.05) is 34.1 Å². The van der Waals surface area contributed by atoms with Crippen LogP contribution in [0, 0.1) is 5.92 Å². The van der Waals surface area contributed by atoms with E-state index in [1.807, 2.05) is 32.1 Å². The molecule has 0 saturated carbocycles. The van der Waals surface area contributed by atoms with E-state index in [4.69, 9.17) is 18.9 Å². The van der Waals surface area contributed by atoms with Gasteiger partial charge in [-0.25, -0.2) is 9.59 Å². The first-order chi connectivity index (χ1) is 18.1. The monoisotopic (exact) mass is 531 g/mol. The second-order valence-corrected chi connectivity index (χ2v) is 11.1. The highest BCUT2D eigenvalue weighted by molar-refractivity contribution is 5.89. The Morgan fingerprint density at radius 1 is 1.21 bits per heavy atom. The normalized spacial score (nSPS) is 27.9. The summed E-state index contributed by atoms with van der Waals surface area (Å²) in [6.45, 7) is 5.70. The Balaban J connectivity index is 1.56. The maximum atomic E-state index is 13.7. The number of carbonyl (C=O) groups is 2. The molecule has 1 spiro atoms. The van der Waals surface area contributed by atoms with Gasteiger partial charge in [0.05, 0.1) is 25.7 Å². The number of ether oxygens (including phenoxy) is 5. The third-order valence-electron chi connectivity index (χ3n) is 8.53. The van der Waals surface area contributed by atoms with Crippen LogP contribution in [-0.4, -0.2) is 84.5 Å². The highest BCUT2D eigenvalue weighted by Gasteiger charge is 2.59. The van der Waals surface area contributed by atoms with Crippen LogP contribution >= 0.6 is 0 Å². The number of rotatable bonds is 8. The number of aliphatic hydroxyl groups excluding tert-OH is 1. The molecule has 38 heavy (non-hydrogen) atoms. The number of fused-ring (bicyclic) bond motifs is 3. The summed E-state index contributed by atoms with van der Waals surface area (Å²) in [5.74, 6) is -0.634. The van der Waals surface area contributed by atoms with Crippen LogP contribution in [0.15, 0.2) is 24.0 Å². The van der Waals surface area contributed by atoms with Crippen molar-refractivity contribution in [2.45, 2.75) is 75.2 Å². The zero-order valence-corrected chi connectivity index (χ0v) is 22.4. The van der Waals surface area contributed by atoms with Crippen molar-refractivity contribution < 1.29 is 43.5 Å². The summed E-state index contributed by atoms with van der Waals surface area (Å²) in [5.41, 5.74) is -0.890. The topological polar surface area (TPSA) is 124 Å². The Morgan fingerprint density at radius 3 is 2.63 bits per heavy atom. The minimum Gasteiger partial charge on any atom is -0.497 e. The van der Waals surface area contributed by atoms with Gasteiger partial charge in [0.15, 0.2) is 29.3 Å². The molecule has 0 radical (unpaired) electrons. The number of aliphatic hydroxyl groups is 2.